The van der Waals surface area contributed by atoms with Gasteiger partial charge in [-0.25, -0.2) is 9.69 Å². The summed E-state index contributed by atoms with van der Waals surface area (Å²) in [5.74, 6) is -0.0834. The van der Waals surface area contributed by atoms with Crippen molar-refractivity contribution in [1.82, 2.24) is 15.6 Å². The number of benzene rings is 2. The van der Waals surface area contributed by atoms with Gasteiger partial charge in [-0.05, 0) is 48.1 Å². The number of rotatable bonds is 8. The van der Waals surface area contributed by atoms with Gasteiger partial charge in [0.2, 0.25) is 5.91 Å². The van der Waals surface area contributed by atoms with Crippen LogP contribution in [-0.4, -0.2) is 35.4 Å². The van der Waals surface area contributed by atoms with Crippen molar-refractivity contribution in [3.05, 3.63) is 65.9 Å². The van der Waals surface area contributed by atoms with Crippen LogP contribution in [0, 0.1) is 0 Å². The summed E-state index contributed by atoms with van der Waals surface area (Å²) in [6.45, 7) is 4.69. The quantitative estimate of drug-likeness (QED) is 0.472. The molecule has 4 amide bonds. The molecule has 32 heavy (non-hydrogen) atoms. The van der Waals surface area contributed by atoms with E-state index in [0.717, 1.165) is 33.4 Å². The van der Waals surface area contributed by atoms with Crippen molar-refractivity contribution in [3.63, 3.8) is 0 Å². The second-order valence-corrected chi connectivity index (χ2v) is 8.42. The van der Waals surface area contributed by atoms with Gasteiger partial charge in [-0.3, -0.25) is 9.59 Å². The molecule has 0 aliphatic carbocycles. The average molecular weight is 433 g/mol. The number of carbonyl (C=O) groups is 3. The standard InChI is InChI=1S/C25H28N4O3/c1-16(2)17-7-9-19(10-8-17)29-24(31)22(28-25(29)32)11-12-23(30)26-14-13-18-15-27-21-6-4-3-5-20(18)21/h3-10,15-16,22,27H,11-14H2,1-2H3,(H,26,30)(H,28,32)/t22-/m0/s1. The third kappa shape index (κ3) is 4.51. The Hall–Kier alpha value is -3.61. The molecular weight excluding hydrogens is 404 g/mol. The van der Waals surface area contributed by atoms with Crippen molar-refractivity contribution in [3.8, 4) is 0 Å². The summed E-state index contributed by atoms with van der Waals surface area (Å²) in [7, 11) is 0. The second-order valence-electron chi connectivity index (χ2n) is 8.42. The molecule has 0 saturated carbocycles. The number of urea groups is 1. The number of para-hydroxylation sites is 1. The van der Waals surface area contributed by atoms with Crippen molar-refractivity contribution >= 4 is 34.4 Å². The van der Waals surface area contributed by atoms with Gasteiger partial charge in [0.25, 0.3) is 5.91 Å². The SMILES string of the molecule is CC(C)c1ccc(N2C(=O)N[C@@H](CCC(=O)NCCc3c[nH]c4ccccc34)C2=O)cc1. The lowest BCUT2D eigenvalue weighted by Gasteiger charge is -2.14. The van der Waals surface area contributed by atoms with Crippen LogP contribution in [0.2, 0.25) is 0 Å². The number of anilines is 1. The van der Waals surface area contributed by atoms with E-state index >= 15 is 0 Å². The fraction of sp³-hybridized carbons (Fsp3) is 0.320. The summed E-state index contributed by atoms with van der Waals surface area (Å²) >= 11 is 0. The van der Waals surface area contributed by atoms with Crippen molar-refractivity contribution in [1.29, 1.82) is 0 Å². The van der Waals surface area contributed by atoms with Crippen LogP contribution in [-0.2, 0) is 16.0 Å². The molecule has 3 aromatic rings. The number of nitrogens with one attached hydrogen (secondary N) is 3. The van der Waals surface area contributed by atoms with Gasteiger partial charge in [0.15, 0.2) is 0 Å². The predicted molar refractivity (Wildman–Crippen MR) is 125 cm³/mol. The van der Waals surface area contributed by atoms with Crippen LogP contribution in [0.25, 0.3) is 10.9 Å². The van der Waals surface area contributed by atoms with Crippen LogP contribution >= 0.6 is 0 Å². The van der Waals surface area contributed by atoms with E-state index in [0.29, 0.717) is 18.2 Å². The Bertz CT molecular complexity index is 1130. The van der Waals surface area contributed by atoms with Gasteiger partial charge in [-0.15, -0.1) is 0 Å². The van der Waals surface area contributed by atoms with Crippen molar-refractivity contribution < 1.29 is 14.4 Å². The first-order valence-electron chi connectivity index (χ1n) is 11.0. The minimum absolute atomic E-state index is 0.133. The number of aromatic amines is 1. The van der Waals surface area contributed by atoms with E-state index in [4.69, 9.17) is 0 Å². The van der Waals surface area contributed by atoms with E-state index in [1.54, 1.807) is 12.1 Å². The van der Waals surface area contributed by atoms with Crippen LogP contribution in [0.4, 0.5) is 10.5 Å². The van der Waals surface area contributed by atoms with Crippen molar-refractivity contribution in [2.24, 2.45) is 0 Å². The van der Waals surface area contributed by atoms with Gasteiger partial charge >= 0.3 is 6.03 Å². The number of fused-ring (bicyclic) bond motifs is 1. The third-order valence-corrected chi connectivity index (χ3v) is 5.89. The molecule has 2 heterocycles. The molecule has 7 nitrogen and oxygen atoms in total. The molecule has 0 bridgehead atoms. The molecule has 1 aromatic heterocycles. The number of carbonyl (C=O) groups excluding carboxylic acids is 3. The maximum Gasteiger partial charge on any atom is 0.329 e. The number of H-pyrrole nitrogens is 1. The predicted octanol–water partition coefficient (Wildman–Crippen LogP) is 3.86. The summed E-state index contributed by atoms with van der Waals surface area (Å²) in [4.78, 5) is 41.8. The van der Waals surface area contributed by atoms with Crippen LogP contribution in [0.1, 0.15) is 43.7 Å². The molecule has 1 atom stereocenters. The van der Waals surface area contributed by atoms with Crippen LogP contribution in [0.3, 0.4) is 0 Å². The Morgan fingerprint density at radius 1 is 1.09 bits per heavy atom. The molecule has 0 radical (unpaired) electrons. The normalized spacial score (nSPS) is 16.1. The summed E-state index contributed by atoms with van der Waals surface area (Å²) in [6, 6.07) is 14.3. The number of nitrogens with zero attached hydrogens (tertiary/aromatic N) is 1. The monoisotopic (exact) mass is 432 g/mol. The molecule has 4 rings (SSSR count). The Labute approximate surface area is 187 Å². The smallest absolute Gasteiger partial charge is 0.329 e. The van der Waals surface area contributed by atoms with Gasteiger partial charge in [0.05, 0.1) is 5.69 Å². The van der Waals surface area contributed by atoms with Crippen molar-refractivity contribution in [2.75, 3.05) is 11.4 Å². The molecule has 0 unspecified atom stereocenters. The molecule has 1 aliphatic heterocycles. The summed E-state index contributed by atoms with van der Waals surface area (Å²) in [5, 5.41) is 6.76. The molecule has 2 aromatic carbocycles. The third-order valence-electron chi connectivity index (χ3n) is 5.89. The van der Waals surface area contributed by atoms with E-state index in [2.05, 4.69) is 35.5 Å². The highest BCUT2D eigenvalue weighted by atomic mass is 16.2. The summed E-state index contributed by atoms with van der Waals surface area (Å²) in [6.07, 6.45) is 3.12. The Morgan fingerprint density at radius 3 is 2.59 bits per heavy atom. The number of imide groups is 1. The van der Waals surface area contributed by atoms with E-state index in [1.165, 1.54) is 0 Å². The number of amides is 4. The molecule has 7 heteroatoms. The first-order valence-corrected chi connectivity index (χ1v) is 11.0. The average Bonchev–Trinajstić information content (AvgIpc) is 3.32. The van der Waals surface area contributed by atoms with E-state index in [-0.39, 0.29) is 24.7 Å². The van der Waals surface area contributed by atoms with Crippen molar-refractivity contribution in [2.45, 2.75) is 45.1 Å². The van der Waals surface area contributed by atoms with Gasteiger partial charge in [-0.1, -0.05) is 44.2 Å². The van der Waals surface area contributed by atoms with Crippen LogP contribution in [0.15, 0.2) is 54.7 Å². The Morgan fingerprint density at radius 2 is 1.84 bits per heavy atom. The first kappa shape index (κ1) is 21.6. The van der Waals surface area contributed by atoms with E-state index in [1.807, 2.05) is 36.5 Å². The maximum atomic E-state index is 12.7. The fourth-order valence-corrected chi connectivity index (χ4v) is 4.02. The zero-order valence-corrected chi connectivity index (χ0v) is 18.4. The van der Waals surface area contributed by atoms with Gasteiger partial charge < -0.3 is 15.6 Å². The molecule has 166 valence electrons. The second kappa shape index (κ2) is 9.26. The lowest BCUT2D eigenvalue weighted by molar-refractivity contribution is -0.121. The van der Waals surface area contributed by atoms with Crippen LogP contribution in [0.5, 0.6) is 0 Å². The molecule has 3 N–H and O–H groups in total. The number of aromatic nitrogens is 1. The maximum absolute atomic E-state index is 12.7. The van der Waals surface area contributed by atoms with Gasteiger partial charge in [-0.2, -0.15) is 0 Å². The van der Waals surface area contributed by atoms with Gasteiger partial charge in [0, 0.05) is 30.1 Å². The van der Waals surface area contributed by atoms with Crippen LogP contribution < -0.4 is 15.5 Å². The van der Waals surface area contributed by atoms with Gasteiger partial charge in [0.1, 0.15) is 6.04 Å². The summed E-state index contributed by atoms with van der Waals surface area (Å²) < 4.78 is 0. The topological polar surface area (TPSA) is 94.3 Å². The minimum atomic E-state index is -0.688. The molecule has 0 spiro atoms. The zero-order chi connectivity index (χ0) is 22.7. The molecule has 1 aliphatic rings. The first-order chi connectivity index (χ1) is 15.4. The van der Waals surface area contributed by atoms with E-state index < -0.39 is 12.1 Å². The highest BCUT2D eigenvalue weighted by Gasteiger charge is 2.38. The summed E-state index contributed by atoms with van der Waals surface area (Å²) in [5.41, 5.74) is 3.91. The number of hydrogen-bond acceptors (Lipinski definition) is 3. The number of hydrogen-bond donors (Lipinski definition) is 3. The fourth-order valence-electron chi connectivity index (χ4n) is 4.02. The molecule has 1 saturated heterocycles. The Balaban J connectivity index is 1.26. The Kier molecular flexibility index (Phi) is 6.25. The zero-order valence-electron chi connectivity index (χ0n) is 18.4. The highest BCUT2D eigenvalue weighted by molar-refractivity contribution is 6.21. The molecule has 1 fully saturated rings. The molecular formula is C25H28N4O3. The lowest BCUT2D eigenvalue weighted by Crippen LogP contribution is -2.33. The lowest BCUT2D eigenvalue weighted by atomic mass is 10.0. The minimum Gasteiger partial charge on any atom is -0.361 e. The highest BCUT2D eigenvalue weighted by Crippen LogP contribution is 2.24. The van der Waals surface area contributed by atoms with E-state index in [9.17, 15) is 14.4 Å². The largest absolute Gasteiger partial charge is 0.361 e.